The van der Waals surface area contributed by atoms with Gasteiger partial charge in [0.25, 0.3) is 0 Å². The van der Waals surface area contributed by atoms with Gasteiger partial charge in [-0.1, -0.05) is 17.4 Å². The number of carbonyl (C=O) groups excluding carboxylic acids is 1. The summed E-state index contributed by atoms with van der Waals surface area (Å²) in [5.74, 6) is -0.477. The summed E-state index contributed by atoms with van der Waals surface area (Å²) in [5, 5.41) is 2.72. The Bertz CT molecular complexity index is 767. The van der Waals surface area contributed by atoms with Crippen LogP contribution in [-0.4, -0.2) is 17.6 Å². The zero-order valence-electron chi connectivity index (χ0n) is 13.3. The van der Waals surface area contributed by atoms with Crippen LogP contribution in [0.1, 0.15) is 22.6 Å². The molecule has 0 aliphatic rings. The molecule has 0 aliphatic carbocycles. The lowest BCUT2D eigenvalue weighted by Gasteiger charge is -2.08. The fraction of sp³-hybridized carbons (Fsp3) is 0.375. The first-order valence-electron chi connectivity index (χ1n) is 7.18. The molecule has 0 saturated heterocycles. The van der Waals surface area contributed by atoms with Gasteiger partial charge < -0.3 is 14.6 Å². The molecule has 5 nitrogen and oxygen atoms in total. The highest BCUT2D eigenvalue weighted by Crippen LogP contribution is 2.17. The number of aryl methyl sites for hydroxylation is 1. The van der Waals surface area contributed by atoms with Crippen molar-refractivity contribution in [2.45, 2.75) is 33.4 Å². The molecule has 0 atom stereocenters. The van der Waals surface area contributed by atoms with Crippen LogP contribution in [-0.2, 0) is 17.9 Å². The Balaban J connectivity index is 1.88. The van der Waals surface area contributed by atoms with E-state index in [0.717, 1.165) is 10.6 Å². The largest absolute Gasteiger partial charge is 0.494 e. The molecule has 2 rings (SSSR count). The van der Waals surface area contributed by atoms with Gasteiger partial charge in [-0.2, -0.15) is 0 Å². The first kappa shape index (κ1) is 17.2. The Kier molecular flexibility index (Phi) is 5.54. The van der Waals surface area contributed by atoms with Gasteiger partial charge >= 0.3 is 4.87 Å². The normalized spacial score (nSPS) is 10.6. The van der Waals surface area contributed by atoms with E-state index < -0.39 is 5.82 Å². The maximum atomic E-state index is 13.6. The van der Waals surface area contributed by atoms with E-state index in [4.69, 9.17) is 4.74 Å². The monoisotopic (exact) mass is 338 g/mol. The van der Waals surface area contributed by atoms with Gasteiger partial charge in [0, 0.05) is 30.1 Å². The number of benzene rings is 1. The van der Waals surface area contributed by atoms with Crippen LogP contribution in [0, 0.1) is 19.7 Å². The van der Waals surface area contributed by atoms with Gasteiger partial charge in [-0.25, -0.2) is 4.39 Å². The van der Waals surface area contributed by atoms with Crippen molar-refractivity contribution < 1.29 is 13.9 Å². The SMILES string of the molecule is COc1ccc(CNC(=O)CCn2c(C)c(C)sc2=O)cc1F. The average Bonchev–Trinajstić information content (AvgIpc) is 2.76. The predicted molar refractivity (Wildman–Crippen MR) is 87.5 cm³/mol. The van der Waals surface area contributed by atoms with E-state index in [1.807, 2.05) is 13.8 Å². The van der Waals surface area contributed by atoms with Gasteiger partial charge in [-0.05, 0) is 31.5 Å². The number of methoxy groups -OCH3 is 1. The lowest BCUT2D eigenvalue weighted by atomic mass is 10.2. The van der Waals surface area contributed by atoms with E-state index in [9.17, 15) is 14.0 Å². The molecule has 0 aliphatic heterocycles. The van der Waals surface area contributed by atoms with Gasteiger partial charge in [-0.15, -0.1) is 0 Å². The summed E-state index contributed by atoms with van der Waals surface area (Å²) in [5.41, 5.74) is 1.54. The summed E-state index contributed by atoms with van der Waals surface area (Å²) in [4.78, 5) is 24.5. The first-order chi connectivity index (χ1) is 10.9. The second-order valence-electron chi connectivity index (χ2n) is 5.16. The highest BCUT2D eigenvalue weighted by molar-refractivity contribution is 7.09. The third-order valence-electron chi connectivity index (χ3n) is 3.64. The molecule has 0 fully saturated rings. The Hall–Kier alpha value is -2.15. The quantitative estimate of drug-likeness (QED) is 0.880. The number of aromatic nitrogens is 1. The number of amides is 1. The van der Waals surface area contributed by atoms with Gasteiger partial charge in [0.2, 0.25) is 5.91 Å². The van der Waals surface area contributed by atoms with Crippen molar-refractivity contribution in [1.82, 2.24) is 9.88 Å². The minimum absolute atomic E-state index is 0.0509. The lowest BCUT2D eigenvalue weighted by molar-refractivity contribution is -0.121. The molecular formula is C16H19FN2O3S. The van der Waals surface area contributed by atoms with E-state index in [1.54, 1.807) is 10.6 Å². The Morgan fingerprint density at radius 1 is 1.39 bits per heavy atom. The molecule has 1 heterocycles. The number of halogens is 1. The van der Waals surface area contributed by atoms with Crippen LogP contribution in [0.15, 0.2) is 23.0 Å². The second-order valence-corrected chi connectivity index (χ2v) is 6.32. The molecule has 0 saturated carbocycles. The van der Waals surface area contributed by atoms with Crippen molar-refractivity contribution in [3.8, 4) is 5.75 Å². The van der Waals surface area contributed by atoms with E-state index in [0.29, 0.717) is 12.1 Å². The minimum atomic E-state index is -0.463. The Morgan fingerprint density at radius 3 is 2.70 bits per heavy atom. The fourth-order valence-electron chi connectivity index (χ4n) is 2.17. The van der Waals surface area contributed by atoms with Crippen LogP contribution < -0.4 is 14.9 Å². The summed E-state index contributed by atoms with van der Waals surface area (Å²) >= 11 is 1.18. The molecule has 1 aromatic heterocycles. The molecular weight excluding hydrogens is 319 g/mol. The third-order valence-corrected chi connectivity index (χ3v) is 4.64. The van der Waals surface area contributed by atoms with Gasteiger partial charge in [0.1, 0.15) is 0 Å². The van der Waals surface area contributed by atoms with E-state index in [2.05, 4.69) is 5.32 Å². The average molecular weight is 338 g/mol. The van der Waals surface area contributed by atoms with Crippen LogP contribution in [0.4, 0.5) is 4.39 Å². The molecule has 23 heavy (non-hydrogen) atoms. The zero-order valence-corrected chi connectivity index (χ0v) is 14.1. The van der Waals surface area contributed by atoms with Gasteiger partial charge in [-0.3, -0.25) is 9.59 Å². The summed E-state index contributed by atoms with van der Waals surface area (Å²) in [6.07, 6.45) is 0.204. The summed E-state index contributed by atoms with van der Waals surface area (Å²) < 4.78 is 20.0. The number of ether oxygens (including phenoxy) is 1. The number of thiazole rings is 1. The topological polar surface area (TPSA) is 60.3 Å². The number of nitrogens with one attached hydrogen (secondary N) is 1. The molecule has 0 radical (unpaired) electrons. The number of hydrogen-bond acceptors (Lipinski definition) is 4. The van der Waals surface area contributed by atoms with Crippen LogP contribution in [0.3, 0.4) is 0 Å². The molecule has 2 aromatic rings. The molecule has 124 valence electrons. The Labute approximate surface area is 137 Å². The number of carbonyl (C=O) groups is 1. The van der Waals surface area contributed by atoms with Crippen molar-refractivity contribution in [3.63, 3.8) is 0 Å². The second kappa shape index (κ2) is 7.41. The summed E-state index contributed by atoms with van der Waals surface area (Å²) in [6, 6.07) is 4.54. The maximum Gasteiger partial charge on any atom is 0.307 e. The third kappa shape index (κ3) is 4.19. The molecule has 1 aromatic carbocycles. The van der Waals surface area contributed by atoms with E-state index >= 15 is 0 Å². The highest BCUT2D eigenvalue weighted by atomic mass is 32.1. The first-order valence-corrected chi connectivity index (χ1v) is 8.00. The molecule has 7 heteroatoms. The molecule has 1 amide bonds. The van der Waals surface area contributed by atoms with Crippen molar-refractivity contribution in [1.29, 1.82) is 0 Å². The van der Waals surface area contributed by atoms with E-state index in [-0.39, 0.29) is 29.5 Å². The van der Waals surface area contributed by atoms with Gasteiger partial charge in [0.05, 0.1) is 7.11 Å². The van der Waals surface area contributed by atoms with Crippen molar-refractivity contribution in [3.05, 3.63) is 49.8 Å². The van der Waals surface area contributed by atoms with Crippen molar-refractivity contribution in [2.75, 3.05) is 7.11 Å². The molecule has 0 spiro atoms. The van der Waals surface area contributed by atoms with Crippen LogP contribution in [0.25, 0.3) is 0 Å². The highest BCUT2D eigenvalue weighted by Gasteiger charge is 2.10. The predicted octanol–water partition coefficient (Wildman–Crippen LogP) is 2.38. The maximum absolute atomic E-state index is 13.6. The number of hydrogen-bond donors (Lipinski definition) is 1. The number of nitrogens with zero attached hydrogens (tertiary/aromatic N) is 1. The molecule has 1 N–H and O–H groups in total. The van der Waals surface area contributed by atoms with Crippen LogP contribution in [0.5, 0.6) is 5.75 Å². The zero-order chi connectivity index (χ0) is 17.0. The van der Waals surface area contributed by atoms with Crippen molar-refractivity contribution >= 4 is 17.2 Å². The molecule has 0 bridgehead atoms. The minimum Gasteiger partial charge on any atom is -0.494 e. The standard InChI is InChI=1S/C16H19FN2O3S/c1-10-11(2)23-16(21)19(10)7-6-15(20)18-9-12-4-5-14(22-3)13(17)8-12/h4-5,8H,6-7,9H2,1-3H3,(H,18,20). The lowest BCUT2D eigenvalue weighted by Crippen LogP contribution is -2.26. The smallest absolute Gasteiger partial charge is 0.307 e. The van der Waals surface area contributed by atoms with Crippen LogP contribution in [0.2, 0.25) is 0 Å². The van der Waals surface area contributed by atoms with Crippen molar-refractivity contribution in [2.24, 2.45) is 0 Å². The summed E-state index contributed by atoms with van der Waals surface area (Å²) in [7, 11) is 1.40. The summed E-state index contributed by atoms with van der Waals surface area (Å²) in [6.45, 7) is 4.33. The van der Waals surface area contributed by atoms with Crippen LogP contribution >= 0.6 is 11.3 Å². The Morgan fingerprint density at radius 2 is 2.13 bits per heavy atom. The fourth-order valence-corrected chi connectivity index (χ4v) is 3.03. The molecule has 0 unspecified atom stereocenters. The number of rotatable bonds is 6. The van der Waals surface area contributed by atoms with E-state index in [1.165, 1.54) is 30.6 Å². The van der Waals surface area contributed by atoms with Gasteiger partial charge in [0.15, 0.2) is 11.6 Å².